The van der Waals surface area contributed by atoms with E-state index in [0.717, 1.165) is 11.3 Å². The van der Waals surface area contributed by atoms with Crippen LogP contribution in [0.5, 0.6) is 5.75 Å². The number of hydrogen-bond acceptors (Lipinski definition) is 3. The topological polar surface area (TPSA) is 65.6 Å². The van der Waals surface area contributed by atoms with Crippen molar-refractivity contribution in [1.29, 1.82) is 0 Å². The third kappa shape index (κ3) is 4.42. The molecule has 0 unspecified atom stereocenters. The van der Waals surface area contributed by atoms with Gasteiger partial charge in [0.2, 0.25) is 6.54 Å². The van der Waals surface area contributed by atoms with Crippen LogP contribution in [0, 0.1) is 0 Å². The summed E-state index contributed by atoms with van der Waals surface area (Å²) in [5.74, 6) is 0.0228. The summed E-state index contributed by atoms with van der Waals surface area (Å²) in [6.45, 7) is 2.18. The Labute approximate surface area is 123 Å². The van der Waals surface area contributed by atoms with E-state index in [1.54, 1.807) is 28.8 Å². The molecule has 1 aromatic heterocycles. The molecule has 1 heterocycles. The number of aromatic nitrogens is 1. The van der Waals surface area contributed by atoms with E-state index in [0.29, 0.717) is 6.42 Å². The zero-order valence-electron chi connectivity index (χ0n) is 11.9. The Morgan fingerprint density at radius 3 is 2.48 bits per heavy atom. The minimum Gasteiger partial charge on any atom is -0.508 e. The first-order chi connectivity index (χ1) is 10.2. The minimum atomic E-state index is -0.184. The van der Waals surface area contributed by atoms with Crippen molar-refractivity contribution in [2.24, 2.45) is 5.10 Å². The highest BCUT2D eigenvalue weighted by Gasteiger charge is 2.08. The second kappa shape index (κ2) is 7.19. The summed E-state index contributed by atoms with van der Waals surface area (Å²) >= 11 is 0. The first-order valence-electron chi connectivity index (χ1n) is 6.78. The van der Waals surface area contributed by atoms with Crippen molar-refractivity contribution >= 4 is 11.6 Å². The van der Waals surface area contributed by atoms with E-state index in [1.807, 2.05) is 37.5 Å². The molecule has 0 radical (unpaired) electrons. The number of nitrogens with one attached hydrogen (secondary N) is 1. The number of carbonyl (C=O) groups excluding carboxylic acids is 1. The quantitative estimate of drug-likeness (QED) is 0.498. The molecule has 0 spiro atoms. The Balaban J connectivity index is 2.00. The van der Waals surface area contributed by atoms with Crippen molar-refractivity contribution in [1.82, 2.24) is 5.43 Å². The fourth-order valence-corrected chi connectivity index (χ4v) is 1.87. The van der Waals surface area contributed by atoms with Gasteiger partial charge in [-0.15, -0.1) is 0 Å². The minimum absolute atomic E-state index is 0.184. The predicted octanol–water partition coefficient (Wildman–Crippen LogP) is 1.61. The van der Waals surface area contributed by atoms with Gasteiger partial charge in [-0.05, 0) is 36.2 Å². The largest absolute Gasteiger partial charge is 0.508 e. The fraction of sp³-hybridized carbons (Fsp3) is 0.188. The molecule has 0 atom stereocenters. The summed E-state index contributed by atoms with van der Waals surface area (Å²) in [6, 6.07) is 12.4. The highest BCUT2D eigenvalue weighted by atomic mass is 16.3. The molecule has 5 nitrogen and oxygen atoms in total. The van der Waals surface area contributed by atoms with Crippen LogP contribution < -0.4 is 9.99 Å². The number of rotatable bonds is 5. The van der Waals surface area contributed by atoms with E-state index in [-0.39, 0.29) is 18.2 Å². The maximum atomic E-state index is 11.8. The number of hydrogen-bond donors (Lipinski definition) is 2. The lowest BCUT2D eigenvalue weighted by molar-refractivity contribution is -0.684. The van der Waals surface area contributed by atoms with Crippen LogP contribution in [0.15, 0.2) is 60.0 Å². The lowest BCUT2D eigenvalue weighted by Crippen LogP contribution is -2.41. The molecular weight excluding hydrogens is 266 g/mol. The van der Waals surface area contributed by atoms with Gasteiger partial charge in [-0.1, -0.05) is 13.0 Å². The monoisotopic (exact) mass is 284 g/mol. The number of phenolic OH excluding ortho intramolecular Hbond substituents is 1. The van der Waals surface area contributed by atoms with Crippen LogP contribution in [0.2, 0.25) is 0 Å². The standard InChI is InChI=1S/C16H17N3O2/c1-2-15(13-6-8-14(20)9-7-13)17-18-16(21)12-19-10-4-3-5-11-19/h3-11H,2,12H2,1H3,(H-,17,18,20,21)/p+1. The van der Waals surface area contributed by atoms with Gasteiger partial charge in [0, 0.05) is 12.1 Å². The van der Waals surface area contributed by atoms with E-state index in [2.05, 4.69) is 10.5 Å². The molecule has 0 aliphatic rings. The highest BCUT2D eigenvalue weighted by molar-refractivity contribution is 6.00. The van der Waals surface area contributed by atoms with E-state index < -0.39 is 0 Å². The first-order valence-corrected chi connectivity index (χ1v) is 6.78. The van der Waals surface area contributed by atoms with Gasteiger partial charge in [-0.25, -0.2) is 5.43 Å². The number of hydrazone groups is 1. The Morgan fingerprint density at radius 1 is 1.19 bits per heavy atom. The van der Waals surface area contributed by atoms with Gasteiger partial charge in [-0.3, -0.25) is 4.79 Å². The molecule has 2 rings (SSSR count). The van der Waals surface area contributed by atoms with Crippen LogP contribution in [0.1, 0.15) is 18.9 Å². The van der Waals surface area contributed by atoms with Crippen molar-refractivity contribution in [3.05, 3.63) is 60.4 Å². The Bertz CT molecular complexity index is 622. The third-order valence-corrected chi connectivity index (χ3v) is 2.95. The second-order valence-corrected chi connectivity index (χ2v) is 4.54. The number of phenols is 1. The Morgan fingerprint density at radius 2 is 1.86 bits per heavy atom. The highest BCUT2D eigenvalue weighted by Crippen LogP contribution is 2.11. The summed E-state index contributed by atoms with van der Waals surface area (Å²) in [5.41, 5.74) is 4.20. The molecule has 0 aliphatic carbocycles. The number of carbonyl (C=O) groups is 1. The molecule has 0 saturated heterocycles. The average Bonchev–Trinajstić information content (AvgIpc) is 2.50. The number of benzene rings is 1. The molecule has 0 aliphatic heterocycles. The van der Waals surface area contributed by atoms with Gasteiger partial charge in [0.05, 0.1) is 5.71 Å². The molecule has 108 valence electrons. The molecule has 1 amide bonds. The van der Waals surface area contributed by atoms with Gasteiger partial charge in [0.1, 0.15) is 5.75 Å². The maximum Gasteiger partial charge on any atom is 0.305 e. The van der Waals surface area contributed by atoms with Crippen molar-refractivity contribution in [3.8, 4) is 5.75 Å². The molecule has 21 heavy (non-hydrogen) atoms. The molecule has 0 fully saturated rings. The van der Waals surface area contributed by atoms with Crippen LogP contribution in [0.25, 0.3) is 0 Å². The maximum absolute atomic E-state index is 11.8. The second-order valence-electron chi connectivity index (χ2n) is 4.54. The third-order valence-electron chi connectivity index (χ3n) is 2.95. The summed E-state index contributed by atoms with van der Waals surface area (Å²) < 4.78 is 1.77. The molecular formula is C16H18N3O2+. The molecule has 2 aromatic rings. The van der Waals surface area contributed by atoms with Crippen LogP contribution >= 0.6 is 0 Å². The van der Waals surface area contributed by atoms with Crippen LogP contribution in [-0.2, 0) is 11.3 Å². The van der Waals surface area contributed by atoms with E-state index in [9.17, 15) is 9.90 Å². The van der Waals surface area contributed by atoms with Crippen LogP contribution in [0.4, 0.5) is 0 Å². The van der Waals surface area contributed by atoms with Gasteiger partial charge in [0.25, 0.3) is 0 Å². The van der Waals surface area contributed by atoms with Crippen LogP contribution in [0.3, 0.4) is 0 Å². The van der Waals surface area contributed by atoms with E-state index in [4.69, 9.17) is 0 Å². The van der Waals surface area contributed by atoms with Crippen LogP contribution in [-0.4, -0.2) is 16.7 Å². The lowest BCUT2D eigenvalue weighted by atomic mass is 10.1. The van der Waals surface area contributed by atoms with Crippen molar-refractivity contribution in [2.45, 2.75) is 19.9 Å². The molecule has 0 saturated carbocycles. The number of pyridine rings is 1. The number of amides is 1. The summed E-state index contributed by atoms with van der Waals surface area (Å²) in [6.07, 6.45) is 4.33. The van der Waals surface area contributed by atoms with Gasteiger partial charge in [0.15, 0.2) is 12.4 Å². The van der Waals surface area contributed by atoms with Gasteiger partial charge >= 0.3 is 5.91 Å². The summed E-state index contributed by atoms with van der Waals surface area (Å²) in [7, 11) is 0. The van der Waals surface area contributed by atoms with E-state index in [1.165, 1.54) is 0 Å². The molecule has 0 bridgehead atoms. The molecule has 1 aromatic carbocycles. The molecule has 5 heteroatoms. The van der Waals surface area contributed by atoms with Gasteiger partial charge < -0.3 is 5.11 Å². The SMILES string of the molecule is CC/C(=N/NC(=O)C[n+]1ccccc1)c1ccc(O)cc1. The zero-order chi connectivity index (χ0) is 15.1. The summed E-state index contributed by atoms with van der Waals surface area (Å²) in [5, 5.41) is 13.4. The number of nitrogens with zero attached hydrogens (tertiary/aromatic N) is 2. The lowest BCUT2D eigenvalue weighted by Gasteiger charge is -2.04. The van der Waals surface area contributed by atoms with Crippen molar-refractivity contribution < 1.29 is 14.5 Å². The molecule has 2 N–H and O–H groups in total. The first kappa shape index (κ1) is 14.7. The van der Waals surface area contributed by atoms with Crippen molar-refractivity contribution in [3.63, 3.8) is 0 Å². The normalized spacial score (nSPS) is 11.2. The summed E-state index contributed by atoms with van der Waals surface area (Å²) in [4.78, 5) is 11.8. The van der Waals surface area contributed by atoms with Gasteiger partial charge in [-0.2, -0.15) is 9.67 Å². The fourth-order valence-electron chi connectivity index (χ4n) is 1.87. The van der Waals surface area contributed by atoms with Crippen molar-refractivity contribution in [2.75, 3.05) is 0 Å². The predicted molar refractivity (Wildman–Crippen MR) is 79.7 cm³/mol. The zero-order valence-corrected chi connectivity index (χ0v) is 11.9. The van der Waals surface area contributed by atoms with E-state index >= 15 is 0 Å². The smallest absolute Gasteiger partial charge is 0.305 e. The Hall–Kier alpha value is -2.69. The number of aromatic hydroxyl groups is 1. The Kier molecular flexibility index (Phi) is 5.04. The average molecular weight is 284 g/mol.